The fourth-order valence-corrected chi connectivity index (χ4v) is 2.96. The molecule has 1 unspecified atom stereocenters. The summed E-state index contributed by atoms with van der Waals surface area (Å²) < 4.78 is 13.2. The Morgan fingerprint density at radius 1 is 1.21 bits per heavy atom. The number of nitrogens with two attached hydrogens (primary N) is 1. The van der Waals surface area contributed by atoms with Crippen molar-refractivity contribution in [2.45, 2.75) is 17.9 Å². The summed E-state index contributed by atoms with van der Waals surface area (Å²) in [5.41, 5.74) is 4.85. The molecule has 0 saturated carbocycles. The van der Waals surface area contributed by atoms with E-state index in [2.05, 4.69) is 24.5 Å². The maximum Gasteiger partial charge on any atom is 0.123 e. The minimum Gasteiger partial charge on any atom is -0.271 e. The molecule has 0 spiro atoms. The quantitative estimate of drug-likeness (QED) is 0.499. The Bertz CT molecular complexity index is 545. The van der Waals surface area contributed by atoms with Gasteiger partial charge in [0.15, 0.2) is 0 Å². The van der Waals surface area contributed by atoms with Crippen LogP contribution in [0.4, 0.5) is 4.39 Å². The Hall–Kier alpha value is -1.36. The van der Waals surface area contributed by atoms with Gasteiger partial charge in [-0.25, -0.2) is 4.39 Å². The Balaban J connectivity index is 2.06. The van der Waals surface area contributed by atoms with E-state index in [9.17, 15) is 4.39 Å². The van der Waals surface area contributed by atoms with Crippen LogP contribution >= 0.6 is 11.8 Å². The largest absolute Gasteiger partial charge is 0.271 e. The maximum atomic E-state index is 13.2. The van der Waals surface area contributed by atoms with E-state index in [1.54, 1.807) is 17.8 Å². The van der Waals surface area contributed by atoms with Gasteiger partial charge in [0.05, 0.1) is 6.04 Å². The monoisotopic (exact) mass is 276 g/mol. The van der Waals surface area contributed by atoms with E-state index in [0.29, 0.717) is 0 Å². The van der Waals surface area contributed by atoms with Gasteiger partial charge in [-0.2, -0.15) is 0 Å². The second-order valence-electron chi connectivity index (χ2n) is 4.35. The van der Waals surface area contributed by atoms with Crippen LogP contribution < -0.4 is 11.3 Å². The van der Waals surface area contributed by atoms with Gasteiger partial charge in [-0.05, 0) is 36.2 Å². The van der Waals surface area contributed by atoms with Gasteiger partial charge in [-0.1, -0.05) is 30.3 Å². The zero-order valence-corrected chi connectivity index (χ0v) is 11.6. The number of benzene rings is 2. The lowest BCUT2D eigenvalue weighted by Crippen LogP contribution is -2.29. The molecule has 2 aromatic carbocycles. The average Bonchev–Trinajstić information content (AvgIpc) is 2.41. The first-order valence-electron chi connectivity index (χ1n) is 6.10. The van der Waals surface area contributed by atoms with Crippen LogP contribution in [0.25, 0.3) is 0 Å². The number of hydrogen-bond donors (Lipinski definition) is 2. The molecule has 0 heterocycles. The van der Waals surface area contributed by atoms with Crippen molar-refractivity contribution < 1.29 is 4.39 Å². The highest BCUT2D eigenvalue weighted by atomic mass is 32.2. The van der Waals surface area contributed by atoms with Crippen molar-refractivity contribution in [1.29, 1.82) is 0 Å². The lowest BCUT2D eigenvalue weighted by atomic mass is 10.1. The van der Waals surface area contributed by atoms with E-state index in [1.807, 2.05) is 18.2 Å². The highest BCUT2D eigenvalue weighted by Crippen LogP contribution is 2.26. The molecule has 0 aliphatic carbocycles. The summed E-state index contributed by atoms with van der Waals surface area (Å²) in [4.78, 5) is 1.22. The summed E-state index contributed by atoms with van der Waals surface area (Å²) >= 11 is 1.72. The minimum atomic E-state index is -0.237. The zero-order chi connectivity index (χ0) is 13.7. The second-order valence-corrected chi connectivity index (χ2v) is 5.41. The molecule has 0 amide bonds. The highest BCUT2D eigenvalue weighted by molar-refractivity contribution is 7.99. The van der Waals surface area contributed by atoms with Gasteiger partial charge in [0, 0.05) is 10.6 Å². The van der Waals surface area contributed by atoms with Gasteiger partial charge >= 0.3 is 0 Å². The van der Waals surface area contributed by atoms with Gasteiger partial charge in [-0.15, -0.1) is 11.8 Å². The third-order valence-corrected chi connectivity index (χ3v) is 4.22. The number of rotatable bonds is 5. The molecule has 0 saturated heterocycles. The number of thioether (sulfide) groups is 1. The molecule has 0 fully saturated rings. The van der Waals surface area contributed by atoms with Crippen LogP contribution in [-0.2, 0) is 0 Å². The number of aryl methyl sites for hydroxylation is 1. The molecule has 0 aromatic heterocycles. The molecular weight excluding hydrogens is 259 g/mol. The first kappa shape index (κ1) is 14.1. The fourth-order valence-electron chi connectivity index (χ4n) is 1.86. The van der Waals surface area contributed by atoms with Crippen molar-refractivity contribution in [3.8, 4) is 0 Å². The van der Waals surface area contributed by atoms with E-state index < -0.39 is 0 Å². The summed E-state index contributed by atoms with van der Waals surface area (Å²) in [7, 11) is 0. The molecular formula is C15H17FN2S. The van der Waals surface area contributed by atoms with E-state index in [-0.39, 0.29) is 11.9 Å². The molecule has 2 aromatic rings. The predicted molar refractivity (Wildman–Crippen MR) is 78.4 cm³/mol. The fraction of sp³-hybridized carbons (Fsp3) is 0.200. The van der Waals surface area contributed by atoms with Crippen molar-refractivity contribution >= 4 is 11.8 Å². The Morgan fingerprint density at radius 3 is 2.68 bits per heavy atom. The minimum absolute atomic E-state index is 0.0692. The first-order chi connectivity index (χ1) is 9.20. The summed E-state index contributed by atoms with van der Waals surface area (Å²) in [6.07, 6.45) is 0. The van der Waals surface area contributed by atoms with Crippen molar-refractivity contribution in [2.75, 3.05) is 5.75 Å². The van der Waals surface area contributed by atoms with E-state index in [4.69, 9.17) is 5.84 Å². The number of halogens is 1. The van der Waals surface area contributed by atoms with Gasteiger partial charge in [0.1, 0.15) is 5.82 Å². The Kier molecular flexibility index (Phi) is 4.96. The molecule has 1 atom stereocenters. The van der Waals surface area contributed by atoms with E-state index in [1.165, 1.54) is 22.6 Å². The summed E-state index contributed by atoms with van der Waals surface area (Å²) in [5.74, 6) is 6.09. The van der Waals surface area contributed by atoms with Crippen molar-refractivity contribution in [3.63, 3.8) is 0 Å². The third-order valence-electron chi connectivity index (χ3n) is 2.95. The third kappa shape index (κ3) is 3.80. The van der Waals surface area contributed by atoms with Gasteiger partial charge in [0.25, 0.3) is 0 Å². The summed E-state index contributed by atoms with van der Waals surface area (Å²) in [5, 5.41) is 0. The molecule has 3 N–H and O–H groups in total. The van der Waals surface area contributed by atoms with Gasteiger partial charge in [-0.3, -0.25) is 11.3 Å². The predicted octanol–water partition coefficient (Wildman–Crippen LogP) is 3.43. The molecule has 0 aliphatic rings. The van der Waals surface area contributed by atoms with Crippen molar-refractivity contribution in [3.05, 3.63) is 65.5 Å². The van der Waals surface area contributed by atoms with Gasteiger partial charge < -0.3 is 0 Å². The van der Waals surface area contributed by atoms with Crippen LogP contribution in [0.1, 0.15) is 17.2 Å². The van der Waals surface area contributed by atoms with Crippen LogP contribution in [0, 0.1) is 12.7 Å². The molecule has 0 bridgehead atoms. The average molecular weight is 276 g/mol. The normalized spacial score (nSPS) is 12.4. The van der Waals surface area contributed by atoms with E-state index in [0.717, 1.165) is 11.3 Å². The van der Waals surface area contributed by atoms with Crippen LogP contribution in [0.2, 0.25) is 0 Å². The van der Waals surface area contributed by atoms with Crippen LogP contribution in [0.15, 0.2) is 53.4 Å². The molecule has 0 radical (unpaired) electrons. The number of hydrazine groups is 1. The summed E-state index contributed by atoms with van der Waals surface area (Å²) in [6, 6.07) is 14.7. The highest BCUT2D eigenvalue weighted by Gasteiger charge is 2.11. The SMILES string of the molecule is Cc1ccccc1SCC(NN)c1cccc(F)c1. The smallest absolute Gasteiger partial charge is 0.123 e. The van der Waals surface area contributed by atoms with E-state index >= 15 is 0 Å². The Morgan fingerprint density at radius 2 is 2.00 bits per heavy atom. The molecule has 2 rings (SSSR count). The first-order valence-corrected chi connectivity index (χ1v) is 7.09. The Labute approximate surface area is 117 Å². The summed E-state index contributed by atoms with van der Waals surface area (Å²) in [6.45, 7) is 2.08. The molecule has 19 heavy (non-hydrogen) atoms. The second kappa shape index (κ2) is 6.70. The lowest BCUT2D eigenvalue weighted by Gasteiger charge is -2.16. The zero-order valence-electron chi connectivity index (χ0n) is 10.8. The topological polar surface area (TPSA) is 38.0 Å². The maximum absolute atomic E-state index is 13.2. The van der Waals surface area contributed by atoms with Crippen molar-refractivity contribution in [1.82, 2.24) is 5.43 Å². The van der Waals surface area contributed by atoms with Crippen LogP contribution in [-0.4, -0.2) is 5.75 Å². The lowest BCUT2D eigenvalue weighted by molar-refractivity contribution is 0.591. The number of nitrogens with one attached hydrogen (secondary N) is 1. The van der Waals surface area contributed by atoms with Crippen LogP contribution in [0.5, 0.6) is 0 Å². The molecule has 100 valence electrons. The van der Waals surface area contributed by atoms with Crippen molar-refractivity contribution in [2.24, 2.45) is 5.84 Å². The molecule has 4 heteroatoms. The van der Waals surface area contributed by atoms with Crippen LogP contribution in [0.3, 0.4) is 0 Å². The number of hydrogen-bond acceptors (Lipinski definition) is 3. The molecule has 2 nitrogen and oxygen atoms in total. The van der Waals surface area contributed by atoms with Gasteiger partial charge in [0.2, 0.25) is 0 Å². The standard InChI is InChI=1S/C15H17FN2S/c1-11-5-2-3-8-15(11)19-10-14(18-17)12-6-4-7-13(16)9-12/h2-9,14,18H,10,17H2,1H3. The molecule has 0 aliphatic heterocycles.